The van der Waals surface area contributed by atoms with E-state index in [9.17, 15) is 4.79 Å². The molecule has 1 radical (unpaired) electrons. The molecular formula is C7H13N2O2. The standard InChI is InChI=1S/C7H13N2O2/c1-2-8-7(10)9-3-5-11-6-4-9/h2-6H2,1H3. The number of urea groups is 1. The van der Waals surface area contributed by atoms with Crippen molar-refractivity contribution in [3.63, 3.8) is 0 Å². The van der Waals surface area contributed by atoms with Crippen LogP contribution in [0.25, 0.3) is 0 Å². The summed E-state index contributed by atoms with van der Waals surface area (Å²) < 4.78 is 5.09. The van der Waals surface area contributed by atoms with Gasteiger partial charge in [-0.15, -0.1) is 0 Å². The maximum absolute atomic E-state index is 11.1. The van der Waals surface area contributed by atoms with Gasteiger partial charge in [-0.3, -0.25) is 0 Å². The second kappa shape index (κ2) is 4.18. The summed E-state index contributed by atoms with van der Waals surface area (Å²) in [5.41, 5.74) is 0. The summed E-state index contributed by atoms with van der Waals surface area (Å²) >= 11 is 0. The molecule has 11 heavy (non-hydrogen) atoms. The van der Waals surface area contributed by atoms with Gasteiger partial charge in [0.15, 0.2) is 0 Å². The van der Waals surface area contributed by atoms with Gasteiger partial charge in [0.05, 0.1) is 13.2 Å². The van der Waals surface area contributed by atoms with E-state index in [0.717, 1.165) is 0 Å². The fraction of sp³-hybridized carbons (Fsp3) is 0.857. The number of carbonyl (C=O) groups excluding carboxylic acids is 1. The van der Waals surface area contributed by atoms with Crippen LogP contribution in [0, 0.1) is 0 Å². The van der Waals surface area contributed by atoms with E-state index in [1.807, 2.05) is 6.92 Å². The molecule has 0 unspecified atom stereocenters. The van der Waals surface area contributed by atoms with Crippen molar-refractivity contribution in [1.29, 1.82) is 0 Å². The van der Waals surface area contributed by atoms with Gasteiger partial charge in [0.25, 0.3) is 0 Å². The van der Waals surface area contributed by atoms with Gasteiger partial charge < -0.3 is 9.64 Å². The smallest absolute Gasteiger partial charge is 0.339 e. The van der Waals surface area contributed by atoms with Crippen LogP contribution in [0.4, 0.5) is 4.79 Å². The fourth-order valence-corrected chi connectivity index (χ4v) is 0.990. The molecular weight excluding hydrogens is 144 g/mol. The zero-order valence-electron chi connectivity index (χ0n) is 6.75. The molecule has 1 heterocycles. The summed E-state index contributed by atoms with van der Waals surface area (Å²) in [5.74, 6) is 0. The molecule has 0 saturated carbocycles. The normalized spacial score (nSPS) is 18.1. The Kier molecular flexibility index (Phi) is 3.16. The Morgan fingerprint density at radius 2 is 2.18 bits per heavy atom. The molecule has 4 heteroatoms. The first-order valence-electron chi connectivity index (χ1n) is 3.88. The van der Waals surface area contributed by atoms with Crippen molar-refractivity contribution >= 4 is 6.03 Å². The number of carbonyl (C=O) groups is 1. The quantitative estimate of drug-likeness (QED) is 0.540. The minimum Gasteiger partial charge on any atom is -0.378 e. The summed E-state index contributed by atoms with van der Waals surface area (Å²) in [6.07, 6.45) is 0. The highest BCUT2D eigenvalue weighted by Crippen LogP contribution is 1.96. The molecule has 0 atom stereocenters. The molecule has 0 bridgehead atoms. The Morgan fingerprint density at radius 1 is 1.55 bits per heavy atom. The average Bonchev–Trinajstić information content (AvgIpc) is 2.07. The van der Waals surface area contributed by atoms with E-state index in [1.165, 1.54) is 0 Å². The highest BCUT2D eigenvalue weighted by atomic mass is 16.5. The van der Waals surface area contributed by atoms with Crippen LogP contribution in [0.3, 0.4) is 0 Å². The molecule has 0 N–H and O–H groups in total. The molecule has 1 aliphatic rings. The zero-order chi connectivity index (χ0) is 8.10. The second-order valence-electron chi connectivity index (χ2n) is 2.36. The van der Waals surface area contributed by atoms with Gasteiger partial charge in [0.1, 0.15) is 0 Å². The fourth-order valence-electron chi connectivity index (χ4n) is 0.990. The minimum absolute atomic E-state index is 0.101. The van der Waals surface area contributed by atoms with E-state index in [1.54, 1.807) is 4.90 Å². The third-order valence-electron chi connectivity index (χ3n) is 1.57. The van der Waals surface area contributed by atoms with E-state index in [2.05, 4.69) is 5.32 Å². The van der Waals surface area contributed by atoms with Gasteiger partial charge >= 0.3 is 6.03 Å². The number of hydrogen-bond acceptors (Lipinski definition) is 2. The molecule has 4 nitrogen and oxygen atoms in total. The molecule has 0 spiro atoms. The van der Waals surface area contributed by atoms with Crippen molar-refractivity contribution in [2.24, 2.45) is 0 Å². The number of hydrogen-bond donors (Lipinski definition) is 0. The molecule has 63 valence electrons. The lowest BCUT2D eigenvalue weighted by Gasteiger charge is -2.25. The van der Waals surface area contributed by atoms with Crippen molar-refractivity contribution < 1.29 is 9.53 Å². The van der Waals surface area contributed by atoms with Crippen LogP contribution in [0.5, 0.6) is 0 Å². The Hall–Kier alpha value is -0.770. The van der Waals surface area contributed by atoms with Crippen molar-refractivity contribution in [1.82, 2.24) is 10.2 Å². The molecule has 1 aliphatic heterocycles. The lowest BCUT2D eigenvalue weighted by Crippen LogP contribution is -2.43. The molecule has 0 aromatic carbocycles. The summed E-state index contributed by atoms with van der Waals surface area (Å²) in [5, 5.41) is 3.78. The topological polar surface area (TPSA) is 43.6 Å². The molecule has 0 aromatic rings. The van der Waals surface area contributed by atoms with Crippen molar-refractivity contribution in [2.75, 3.05) is 32.8 Å². The lowest BCUT2D eigenvalue weighted by atomic mass is 10.4. The zero-order valence-corrected chi connectivity index (χ0v) is 6.75. The van der Waals surface area contributed by atoms with Crippen LogP contribution in [0.1, 0.15) is 6.92 Å². The Bertz CT molecular complexity index is 132. The van der Waals surface area contributed by atoms with Crippen molar-refractivity contribution in [3.8, 4) is 0 Å². The van der Waals surface area contributed by atoms with Crippen LogP contribution in [0.2, 0.25) is 0 Å². The van der Waals surface area contributed by atoms with Crippen molar-refractivity contribution in [3.05, 3.63) is 0 Å². The van der Waals surface area contributed by atoms with Crippen LogP contribution in [-0.4, -0.2) is 43.8 Å². The number of morpholine rings is 1. The first-order chi connectivity index (χ1) is 5.34. The lowest BCUT2D eigenvalue weighted by molar-refractivity contribution is 0.0531. The summed E-state index contributed by atoms with van der Waals surface area (Å²) in [4.78, 5) is 12.8. The monoisotopic (exact) mass is 157 g/mol. The van der Waals surface area contributed by atoms with Gasteiger partial charge in [-0.2, -0.15) is 0 Å². The molecule has 1 rings (SSSR count). The van der Waals surface area contributed by atoms with E-state index >= 15 is 0 Å². The summed E-state index contributed by atoms with van der Waals surface area (Å²) in [6.45, 7) is 5.08. The molecule has 0 aromatic heterocycles. The highest BCUT2D eigenvalue weighted by Gasteiger charge is 2.15. The summed E-state index contributed by atoms with van der Waals surface area (Å²) in [6, 6.07) is -0.101. The third-order valence-corrected chi connectivity index (χ3v) is 1.57. The Labute approximate surface area is 66.5 Å². The van der Waals surface area contributed by atoms with Gasteiger partial charge in [-0.05, 0) is 6.92 Å². The maximum Gasteiger partial charge on any atom is 0.339 e. The Balaban J connectivity index is 2.27. The second-order valence-corrected chi connectivity index (χ2v) is 2.36. The Morgan fingerprint density at radius 3 is 2.73 bits per heavy atom. The number of rotatable bonds is 1. The molecule has 0 aliphatic carbocycles. The summed E-state index contributed by atoms with van der Waals surface area (Å²) in [7, 11) is 0. The minimum atomic E-state index is -0.101. The van der Waals surface area contributed by atoms with Crippen LogP contribution >= 0.6 is 0 Å². The predicted octanol–water partition coefficient (Wildman–Crippen LogP) is 0.0629. The average molecular weight is 157 g/mol. The van der Waals surface area contributed by atoms with Crippen LogP contribution < -0.4 is 5.32 Å². The van der Waals surface area contributed by atoms with E-state index in [0.29, 0.717) is 32.8 Å². The SMILES string of the molecule is CC[N]C(=O)N1CCOCC1. The molecule has 1 saturated heterocycles. The van der Waals surface area contributed by atoms with E-state index in [-0.39, 0.29) is 6.03 Å². The van der Waals surface area contributed by atoms with E-state index in [4.69, 9.17) is 4.74 Å². The van der Waals surface area contributed by atoms with Gasteiger partial charge in [-0.25, -0.2) is 10.1 Å². The van der Waals surface area contributed by atoms with Gasteiger partial charge in [0, 0.05) is 19.6 Å². The molecule has 2 amide bonds. The van der Waals surface area contributed by atoms with Crippen LogP contribution in [0.15, 0.2) is 0 Å². The van der Waals surface area contributed by atoms with Crippen molar-refractivity contribution in [2.45, 2.75) is 6.92 Å². The predicted molar refractivity (Wildman–Crippen MR) is 40.5 cm³/mol. The maximum atomic E-state index is 11.1. The van der Waals surface area contributed by atoms with Gasteiger partial charge in [-0.1, -0.05) is 0 Å². The van der Waals surface area contributed by atoms with Gasteiger partial charge in [0.2, 0.25) is 0 Å². The van der Waals surface area contributed by atoms with E-state index < -0.39 is 0 Å². The largest absolute Gasteiger partial charge is 0.378 e. The number of ether oxygens (including phenoxy) is 1. The number of amides is 2. The third kappa shape index (κ3) is 2.38. The molecule has 1 fully saturated rings. The first-order valence-corrected chi connectivity index (χ1v) is 3.88. The first kappa shape index (κ1) is 8.33. The number of nitrogens with zero attached hydrogens (tertiary/aromatic N) is 2. The van der Waals surface area contributed by atoms with Crippen LogP contribution in [-0.2, 0) is 4.74 Å². The highest BCUT2D eigenvalue weighted by molar-refractivity contribution is 5.73.